The van der Waals surface area contributed by atoms with Gasteiger partial charge >= 0.3 is 0 Å². The third-order valence-corrected chi connectivity index (χ3v) is 6.81. The Morgan fingerprint density at radius 2 is 1.77 bits per heavy atom. The maximum atomic E-state index is 12.9. The minimum Gasteiger partial charge on any atom is -0.329 e. The van der Waals surface area contributed by atoms with Crippen molar-refractivity contribution in [3.05, 3.63) is 65.2 Å². The molecule has 0 spiro atoms. The highest BCUT2D eigenvalue weighted by molar-refractivity contribution is 7.92. The first kappa shape index (κ1) is 15.5. The third-order valence-electron chi connectivity index (χ3n) is 4.27. The van der Waals surface area contributed by atoms with Crippen LogP contribution in [0.25, 0.3) is 0 Å². The molecule has 0 aromatic heterocycles. The van der Waals surface area contributed by atoms with Gasteiger partial charge in [-0.3, -0.25) is 0 Å². The molecule has 1 saturated carbocycles. The Kier molecular flexibility index (Phi) is 3.77. The summed E-state index contributed by atoms with van der Waals surface area (Å²) in [7, 11) is -3.54. The van der Waals surface area contributed by atoms with E-state index in [0.29, 0.717) is 5.02 Å². The zero-order valence-electron chi connectivity index (χ0n) is 11.8. The van der Waals surface area contributed by atoms with E-state index in [9.17, 15) is 8.42 Å². The van der Waals surface area contributed by atoms with E-state index in [0.717, 1.165) is 5.56 Å². The van der Waals surface area contributed by atoms with Gasteiger partial charge in [0.25, 0.3) is 0 Å². The van der Waals surface area contributed by atoms with Crippen molar-refractivity contribution in [1.82, 2.24) is 0 Å². The molecular weight excluding hydrogens is 320 g/mol. The van der Waals surface area contributed by atoms with Crippen molar-refractivity contribution >= 4 is 21.4 Å². The van der Waals surface area contributed by atoms with Crippen molar-refractivity contribution in [3.8, 4) is 0 Å². The maximum absolute atomic E-state index is 12.9. The van der Waals surface area contributed by atoms with Crippen LogP contribution in [0.4, 0.5) is 0 Å². The number of nitrogens with two attached hydrogens (primary N) is 2. The Morgan fingerprint density at radius 1 is 1.09 bits per heavy atom. The van der Waals surface area contributed by atoms with Crippen LogP contribution in [-0.4, -0.2) is 25.8 Å². The summed E-state index contributed by atoms with van der Waals surface area (Å²) in [4.78, 5) is 0.271. The van der Waals surface area contributed by atoms with Crippen LogP contribution < -0.4 is 11.5 Å². The first-order valence-electron chi connectivity index (χ1n) is 6.94. The van der Waals surface area contributed by atoms with Gasteiger partial charge in [0.05, 0.1) is 15.7 Å². The lowest BCUT2D eigenvalue weighted by atomic mass is 10.1. The highest BCUT2D eigenvalue weighted by atomic mass is 35.5. The van der Waals surface area contributed by atoms with Gasteiger partial charge in [0.2, 0.25) is 0 Å². The van der Waals surface area contributed by atoms with Crippen LogP contribution in [0.15, 0.2) is 59.5 Å². The molecule has 116 valence electrons. The average Bonchev–Trinajstić information content (AvgIpc) is 3.16. The molecule has 1 aliphatic carbocycles. The lowest BCUT2D eigenvalue weighted by molar-refractivity contribution is 0.586. The highest BCUT2D eigenvalue weighted by Crippen LogP contribution is 2.55. The second-order valence-electron chi connectivity index (χ2n) is 5.63. The van der Waals surface area contributed by atoms with Crippen molar-refractivity contribution in [2.75, 3.05) is 6.54 Å². The van der Waals surface area contributed by atoms with E-state index in [1.165, 1.54) is 0 Å². The van der Waals surface area contributed by atoms with E-state index in [1.54, 1.807) is 48.5 Å². The lowest BCUT2D eigenvalue weighted by Crippen LogP contribution is -2.39. The van der Waals surface area contributed by atoms with Gasteiger partial charge in [0.1, 0.15) is 0 Å². The van der Waals surface area contributed by atoms with E-state index in [2.05, 4.69) is 0 Å². The predicted octanol–water partition coefficient (Wildman–Crippen LogP) is 1.94. The van der Waals surface area contributed by atoms with E-state index < -0.39 is 20.6 Å². The van der Waals surface area contributed by atoms with Gasteiger partial charge in [-0.15, -0.1) is 0 Å². The number of halogens is 1. The summed E-state index contributed by atoms with van der Waals surface area (Å²) in [6.45, 7) is 0.0981. The molecule has 4 N–H and O–H groups in total. The second-order valence-corrected chi connectivity index (χ2v) is 8.13. The molecule has 1 fully saturated rings. The zero-order valence-corrected chi connectivity index (χ0v) is 13.4. The fourth-order valence-corrected chi connectivity index (χ4v) is 5.62. The summed E-state index contributed by atoms with van der Waals surface area (Å²) in [5.74, 6) is -0.346. The van der Waals surface area contributed by atoms with Gasteiger partial charge in [-0.25, -0.2) is 8.42 Å². The Hall–Kier alpha value is -1.40. The van der Waals surface area contributed by atoms with Crippen molar-refractivity contribution in [1.29, 1.82) is 0 Å². The summed E-state index contributed by atoms with van der Waals surface area (Å²) < 4.78 is 25.7. The van der Waals surface area contributed by atoms with E-state index >= 15 is 0 Å². The molecule has 0 unspecified atom stereocenters. The van der Waals surface area contributed by atoms with Crippen molar-refractivity contribution < 1.29 is 8.42 Å². The van der Waals surface area contributed by atoms with Crippen LogP contribution in [0.5, 0.6) is 0 Å². The fourth-order valence-electron chi connectivity index (χ4n) is 3.08. The van der Waals surface area contributed by atoms with Crippen LogP contribution in [0.1, 0.15) is 11.5 Å². The highest BCUT2D eigenvalue weighted by Gasteiger charge is 2.68. The molecule has 0 amide bonds. The molecule has 4 nitrogen and oxygen atoms in total. The topological polar surface area (TPSA) is 86.2 Å². The number of hydrogen-bond donors (Lipinski definition) is 2. The number of benzene rings is 2. The predicted molar refractivity (Wildman–Crippen MR) is 87.6 cm³/mol. The minimum absolute atomic E-state index is 0.0981. The van der Waals surface area contributed by atoms with Gasteiger partial charge < -0.3 is 11.5 Å². The largest absolute Gasteiger partial charge is 0.329 e. The quantitative estimate of drug-likeness (QED) is 0.893. The molecular formula is C16H17ClN2O2S. The Morgan fingerprint density at radius 3 is 2.36 bits per heavy atom. The van der Waals surface area contributed by atoms with E-state index in [4.69, 9.17) is 23.1 Å². The molecule has 3 atom stereocenters. The molecule has 1 aliphatic rings. The van der Waals surface area contributed by atoms with Crippen LogP contribution in [0.3, 0.4) is 0 Å². The van der Waals surface area contributed by atoms with Gasteiger partial charge in [-0.05, 0) is 29.8 Å². The van der Waals surface area contributed by atoms with Gasteiger partial charge in [-0.1, -0.05) is 41.9 Å². The zero-order chi connectivity index (χ0) is 16.0. The number of hydrogen-bond acceptors (Lipinski definition) is 4. The van der Waals surface area contributed by atoms with Crippen LogP contribution >= 0.6 is 11.6 Å². The maximum Gasteiger partial charge on any atom is 0.183 e. The molecule has 0 saturated heterocycles. The summed E-state index contributed by atoms with van der Waals surface area (Å²) in [5, 5.41) is -0.175. The average molecular weight is 337 g/mol. The summed E-state index contributed by atoms with van der Waals surface area (Å²) in [6.07, 6.45) is 0. The van der Waals surface area contributed by atoms with Gasteiger partial charge in [0.15, 0.2) is 9.84 Å². The van der Waals surface area contributed by atoms with Gasteiger partial charge in [0, 0.05) is 17.5 Å². The molecule has 22 heavy (non-hydrogen) atoms. The summed E-state index contributed by atoms with van der Waals surface area (Å²) >= 11 is 6.01. The molecule has 0 aliphatic heterocycles. The van der Waals surface area contributed by atoms with Crippen molar-refractivity contribution in [2.24, 2.45) is 11.5 Å². The fraction of sp³-hybridized carbons (Fsp3) is 0.250. The first-order chi connectivity index (χ1) is 10.4. The molecule has 3 rings (SSSR count). The smallest absolute Gasteiger partial charge is 0.183 e. The SMILES string of the molecule is NC[C@@]1(N)[C@H](S(=O)(=O)c2ccccc2)[C@@H]1c1cccc(Cl)c1. The second kappa shape index (κ2) is 5.35. The molecule has 0 radical (unpaired) electrons. The molecule has 0 bridgehead atoms. The Balaban J connectivity index is 2.04. The Labute approximate surface area is 135 Å². The van der Waals surface area contributed by atoms with Crippen molar-refractivity contribution in [3.63, 3.8) is 0 Å². The van der Waals surface area contributed by atoms with Crippen LogP contribution in [-0.2, 0) is 9.84 Å². The lowest BCUT2D eigenvalue weighted by Gasteiger charge is -2.09. The third kappa shape index (κ3) is 2.34. The monoisotopic (exact) mass is 336 g/mol. The number of rotatable bonds is 4. The summed E-state index contributed by atoms with van der Waals surface area (Å²) in [6, 6.07) is 15.5. The molecule has 2 aromatic rings. The van der Waals surface area contributed by atoms with E-state index in [1.807, 2.05) is 6.07 Å². The van der Waals surface area contributed by atoms with Crippen LogP contribution in [0, 0.1) is 0 Å². The van der Waals surface area contributed by atoms with Crippen LogP contribution in [0.2, 0.25) is 5.02 Å². The van der Waals surface area contributed by atoms with Gasteiger partial charge in [-0.2, -0.15) is 0 Å². The standard InChI is InChI=1S/C16H17ClN2O2S/c17-12-6-4-5-11(9-12)14-15(16(14,19)10-18)22(20,21)13-7-2-1-3-8-13/h1-9,14-15H,10,18-19H2/t14-,15+,16-/m0/s1. The minimum atomic E-state index is -3.54. The Bertz CT molecular complexity index is 795. The molecule has 2 aromatic carbocycles. The normalized spacial score (nSPS) is 27.6. The first-order valence-corrected chi connectivity index (χ1v) is 8.87. The summed E-state index contributed by atoms with van der Waals surface area (Å²) in [5.41, 5.74) is 11.9. The van der Waals surface area contributed by atoms with Crippen molar-refractivity contribution in [2.45, 2.75) is 21.6 Å². The molecule has 6 heteroatoms. The van der Waals surface area contributed by atoms with E-state index in [-0.39, 0.29) is 17.4 Å². The number of sulfone groups is 1. The molecule has 0 heterocycles.